The van der Waals surface area contributed by atoms with Crippen LogP contribution in [0.1, 0.15) is 0 Å². The third-order valence-corrected chi connectivity index (χ3v) is 4.92. The van der Waals surface area contributed by atoms with Crippen molar-refractivity contribution in [1.29, 1.82) is 0 Å². The zero-order chi connectivity index (χ0) is 17.3. The van der Waals surface area contributed by atoms with Crippen molar-refractivity contribution in [3.63, 3.8) is 0 Å². The summed E-state index contributed by atoms with van der Waals surface area (Å²) < 4.78 is 1.63. The molecule has 3 aromatic rings. The van der Waals surface area contributed by atoms with Gasteiger partial charge in [-0.05, 0) is 24.3 Å². The topological polar surface area (TPSA) is 59.3 Å². The highest BCUT2D eigenvalue weighted by molar-refractivity contribution is 7.99. The molecule has 0 aliphatic rings. The molecule has 0 spiro atoms. The minimum Gasteiger partial charge on any atom is -0.324 e. The van der Waals surface area contributed by atoms with Gasteiger partial charge < -0.3 is 5.32 Å². The zero-order valence-corrected chi connectivity index (χ0v) is 15.6. The smallest absolute Gasteiger partial charge is 0.234 e. The lowest BCUT2D eigenvalue weighted by molar-refractivity contribution is -0.113. The van der Waals surface area contributed by atoms with Crippen LogP contribution in [0.5, 0.6) is 0 Å². The van der Waals surface area contributed by atoms with Crippen LogP contribution in [0.15, 0.2) is 35.6 Å². The van der Waals surface area contributed by atoms with E-state index < -0.39 is 0 Å². The van der Waals surface area contributed by atoms with Crippen molar-refractivity contribution in [1.82, 2.24) is 14.6 Å². The Bertz CT molecular complexity index is 931. The molecule has 0 fully saturated rings. The number of halogens is 4. The molecule has 1 aromatic carbocycles. The molecule has 0 aliphatic carbocycles. The molecular weight excluding hydrogens is 414 g/mol. The molecule has 10 heteroatoms. The second kappa shape index (κ2) is 7.37. The van der Waals surface area contributed by atoms with E-state index in [1.807, 2.05) is 0 Å². The molecule has 0 aliphatic heterocycles. The highest BCUT2D eigenvalue weighted by Gasteiger charge is 2.13. The fourth-order valence-corrected chi connectivity index (χ4v) is 3.47. The molecule has 0 saturated carbocycles. The van der Waals surface area contributed by atoms with Gasteiger partial charge in [0.05, 0.1) is 26.5 Å². The number of pyridine rings is 1. The van der Waals surface area contributed by atoms with E-state index in [1.165, 1.54) is 11.8 Å². The predicted molar refractivity (Wildman–Crippen MR) is 98.8 cm³/mol. The fraction of sp³-hybridized carbons (Fsp3) is 0.0714. The van der Waals surface area contributed by atoms with E-state index in [0.717, 1.165) is 0 Å². The van der Waals surface area contributed by atoms with E-state index in [9.17, 15) is 4.79 Å². The summed E-state index contributed by atoms with van der Waals surface area (Å²) in [5, 5.41) is 12.9. The van der Waals surface area contributed by atoms with Gasteiger partial charge in [-0.15, -0.1) is 10.2 Å². The van der Waals surface area contributed by atoms with Crippen molar-refractivity contribution in [3.05, 3.63) is 50.6 Å². The number of nitrogens with zero attached hydrogens (tertiary/aromatic N) is 3. The maximum atomic E-state index is 12.1. The standard InChI is InChI=1S/C14H8Cl4N4OS/c15-7-1-2-9(17)11(4-7)19-12(23)6-24-14-21-20-13-10(18)3-8(16)5-22(13)14/h1-5H,6H2,(H,19,23). The second-order valence-electron chi connectivity index (χ2n) is 4.64. The van der Waals surface area contributed by atoms with Crippen LogP contribution < -0.4 is 5.32 Å². The van der Waals surface area contributed by atoms with Crippen molar-refractivity contribution >= 4 is 75.4 Å². The Labute approximate surface area is 161 Å². The van der Waals surface area contributed by atoms with Gasteiger partial charge in [0.2, 0.25) is 5.91 Å². The summed E-state index contributed by atoms with van der Waals surface area (Å²) in [4.78, 5) is 12.1. The molecule has 124 valence electrons. The Balaban J connectivity index is 1.72. The molecule has 0 atom stereocenters. The number of rotatable bonds is 4. The number of benzene rings is 1. The van der Waals surface area contributed by atoms with E-state index in [2.05, 4.69) is 15.5 Å². The number of anilines is 1. The molecule has 2 aromatic heterocycles. The molecule has 2 heterocycles. The Morgan fingerprint density at radius 1 is 1.08 bits per heavy atom. The van der Waals surface area contributed by atoms with Crippen LogP contribution in [0, 0.1) is 0 Å². The molecule has 3 rings (SSSR count). The van der Waals surface area contributed by atoms with E-state index in [0.29, 0.717) is 36.6 Å². The molecule has 5 nitrogen and oxygen atoms in total. The van der Waals surface area contributed by atoms with Crippen molar-refractivity contribution in [2.75, 3.05) is 11.1 Å². The van der Waals surface area contributed by atoms with Crippen molar-refractivity contribution in [3.8, 4) is 0 Å². The van der Waals surface area contributed by atoms with Crippen LogP contribution >= 0.6 is 58.2 Å². The van der Waals surface area contributed by atoms with Gasteiger partial charge >= 0.3 is 0 Å². The Morgan fingerprint density at radius 3 is 2.67 bits per heavy atom. The summed E-state index contributed by atoms with van der Waals surface area (Å²) in [6.45, 7) is 0. The number of aromatic nitrogens is 3. The average Bonchev–Trinajstić information content (AvgIpc) is 2.92. The first kappa shape index (κ1) is 17.6. The van der Waals surface area contributed by atoms with Crippen LogP contribution in [0.3, 0.4) is 0 Å². The molecular formula is C14H8Cl4N4OS. The number of thioether (sulfide) groups is 1. The maximum absolute atomic E-state index is 12.1. The molecule has 1 amide bonds. The van der Waals surface area contributed by atoms with Gasteiger partial charge in [0.25, 0.3) is 0 Å². The van der Waals surface area contributed by atoms with Gasteiger partial charge in [-0.2, -0.15) is 0 Å². The number of carbonyl (C=O) groups is 1. The average molecular weight is 422 g/mol. The molecule has 24 heavy (non-hydrogen) atoms. The minimum atomic E-state index is -0.256. The fourth-order valence-electron chi connectivity index (χ4n) is 1.91. The van der Waals surface area contributed by atoms with Crippen LogP contribution in [0.2, 0.25) is 20.1 Å². The van der Waals surface area contributed by atoms with Gasteiger partial charge in [-0.1, -0.05) is 58.2 Å². The summed E-state index contributed by atoms with van der Waals surface area (Å²) in [5.74, 6) is -0.151. The second-order valence-corrected chi connectivity index (χ2v) is 7.27. The summed E-state index contributed by atoms with van der Waals surface area (Å²) in [7, 11) is 0. The normalized spacial score (nSPS) is 11.0. The number of carbonyl (C=O) groups excluding carboxylic acids is 1. The SMILES string of the molecule is O=C(CSc1nnc2c(Cl)cc(Cl)cn12)Nc1cc(Cl)ccc1Cl. The molecule has 1 N–H and O–H groups in total. The van der Waals surface area contributed by atoms with E-state index >= 15 is 0 Å². The van der Waals surface area contributed by atoms with Gasteiger partial charge in [0.15, 0.2) is 10.8 Å². The number of hydrogen-bond donors (Lipinski definition) is 1. The predicted octanol–water partition coefficient (Wildman–Crippen LogP) is 5.07. The largest absolute Gasteiger partial charge is 0.324 e. The van der Waals surface area contributed by atoms with Gasteiger partial charge in [0.1, 0.15) is 0 Å². The third-order valence-electron chi connectivity index (χ3n) is 2.93. The molecule has 0 radical (unpaired) electrons. The van der Waals surface area contributed by atoms with Crippen LogP contribution in [0.4, 0.5) is 5.69 Å². The third kappa shape index (κ3) is 3.90. The molecule has 0 unspecified atom stereocenters. The van der Waals surface area contributed by atoms with E-state index in [1.54, 1.807) is 34.9 Å². The summed E-state index contributed by atoms with van der Waals surface area (Å²) >= 11 is 25.1. The lowest BCUT2D eigenvalue weighted by Crippen LogP contribution is -2.14. The quantitative estimate of drug-likeness (QED) is 0.597. The Morgan fingerprint density at radius 2 is 1.88 bits per heavy atom. The van der Waals surface area contributed by atoms with Crippen LogP contribution in [-0.4, -0.2) is 26.3 Å². The first-order valence-corrected chi connectivity index (χ1v) is 9.01. The zero-order valence-electron chi connectivity index (χ0n) is 11.8. The van der Waals surface area contributed by atoms with Crippen molar-refractivity contribution in [2.45, 2.75) is 5.16 Å². The molecule has 0 bridgehead atoms. The van der Waals surface area contributed by atoms with Crippen LogP contribution in [-0.2, 0) is 4.79 Å². The monoisotopic (exact) mass is 420 g/mol. The summed E-state index contributed by atoms with van der Waals surface area (Å²) in [5.41, 5.74) is 0.925. The van der Waals surface area contributed by atoms with Gasteiger partial charge in [-0.25, -0.2) is 0 Å². The number of hydrogen-bond acceptors (Lipinski definition) is 4. The summed E-state index contributed by atoms with van der Waals surface area (Å²) in [6, 6.07) is 6.42. The Hall–Kier alpha value is -1.18. The van der Waals surface area contributed by atoms with Crippen LogP contribution in [0.25, 0.3) is 5.65 Å². The molecule has 0 saturated heterocycles. The number of amides is 1. The first-order valence-electron chi connectivity index (χ1n) is 6.51. The first-order chi connectivity index (χ1) is 11.4. The lowest BCUT2D eigenvalue weighted by Gasteiger charge is -2.07. The minimum absolute atomic E-state index is 0.105. The summed E-state index contributed by atoms with van der Waals surface area (Å²) in [6.07, 6.45) is 1.64. The lowest BCUT2D eigenvalue weighted by atomic mass is 10.3. The van der Waals surface area contributed by atoms with Gasteiger partial charge in [0, 0.05) is 11.2 Å². The highest BCUT2D eigenvalue weighted by atomic mass is 35.5. The van der Waals surface area contributed by atoms with Crippen molar-refractivity contribution < 1.29 is 4.79 Å². The van der Waals surface area contributed by atoms with Gasteiger partial charge in [-0.3, -0.25) is 9.20 Å². The number of nitrogens with one attached hydrogen (secondary N) is 1. The maximum Gasteiger partial charge on any atom is 0.234 e. The highest BCUT2D eigenvalue weighted by Crippen LogP contribution is 2.27. The van der Waals surface area contributed by atoms with Crippen molar-refractivity contribution in [2.24, 2.45) is 0 Å². The van der Waals surface area contributed by atoms with E-state index in [4.69, 9.17) is 46.4 Å². The Kier molecular flexibility index (Phi) is 5.42. The number of fused-ring (bicyclic) bond motifs is 1. The van der Waals surface area contributed by atoms with E-state index in [-0.39, 0.29) is 11.7 Å².